The van der Waals surface area contributed by atoms with E-state index in [-0.39, 0.29) is 11.7 Å². The molecule has 1 unspecified atom stereocenters. The van der Waals surface area contributed by atoms with Crippen LogP contribution in [0.1, 0.15) is 26.1 Å². The fourth-order valence-corrected chi connectivity index (χ4v) is 4.16. The van der Waals surface area contributed by atoms with Crippen LogP contribution >= 0.6 is 0 Å². The molecule has 0 spiro atoms. The van der Waals surface area contributed by atoms with Gasteiger partial charge >= 0.3 is 0 Å². The summed E-state index contributed by atoms with van der Waals surface area (Å²) in [6, 6.07) is 1.87. The number of nitrogens with zero attached hydrogens (tertiary/aromatic N) is 2. The van der Waals surface area contributed by atoms with Crippen LogP contribution in [0.15, 0.2) is 6.07 Å². The third-order valence-corrected chi connectivity index (χ3v) is 5.18. The van der Waals surface area contributed by atoms with Gasteiger partial charge in [0.1, 0.15) is 17.5 Å². The fourth-order valence-electron chi connectivity index (χ4n) is 2.30. The van der Waals surface area contributed by atoms with Crippen LogP contribution in [0.4, 0.5) is 11.6 Å². The zero-order valence-electron chi connectivity index (χ0n) is 12.0. The lowest BCUT2D eigenvalue weighted by atomic mass is 10.1. The molecule has 0 aliphatic carbocycles. The molecule has 2 heterocycles. The number of hydrogen-bond donors (Lipinski definition) is 2. The monoisotopic (exact) mass is 298 g/mol. The van der Waals surface area contributed by atoms with Crippen molar-refractivity contribution in [3.63, 3.8) is 0 Å². The zero-order valence-corrected chi connectivity index (χ0v) is 12.8. The van der Waals surface area contributed by atoms with Gasteiger partial charge in [-0.15, -0.1) is 0 Å². The highest BCUT2D eigenvalue weighted by atomic mass is 32.2. The summed E-state index contributed by atoms with van der Waals surface area (Å²) in [4.78, 5) is 8.81. The van der Waals surface area contributed by atoms with E-state index in [0.29, 0.717) is 12.3 Å². The van der Waals surface area contributed by atoms with E-state index < -0.39 is 9.84 Å². The Morgan fingerprint density at radius 3 is 2.50 bits per heavy atom. The van der Waals surface area contributed by atoms with Crippen LogP contribution in [0.5, 0.6) is 0 Å². The van der Waals surface area contributed by atoms with Gasteiger partial charge in [0.25, 0.3) is 0 Å². The van der Waals surface area contributed by atoms with Gasteiger partial charge in [0.05, 0.1) is 11.5 Å². The molecule has 0 aromatic carbocycles. The number of nitrogens with one attached hydrogen (secondary N) is 2. The topological polar surface area (TPSA) is 84.0 Å². The van der Waals surface area contributed by atoms with E-state index in [4.69, 9.17) is 0 Å². The van der Waals surface area contributed by atoms with Crippen LogP contribution in [0.2, 0.25) is 0 Å². The summed E-state index contributed by atoms with van der Waals surface area (Å²) in [5.74, 6) is 3.13. The van der Waals surface area contributed by atoms with Crippen molar-refractivity contribution in [3.05, 3.63) is 11.9 Å². The maximum Gasteiger partial charge on any atom is 0.150 e. The van der Waals surface area contributed by atoms with Crippen molar-refractivity contribution >= 4 is 21.5 Å². The molecule has 20 heavy (non-hydrogen) atoms. The standard InChI is InChI=1S/C13H22N4O2S/c1-3-11-16-12(14-4-2)7-13(17-11)15-8-10-5-6-20(18,19)9-10/h7,10H,3-6,8-9H2,1-2H3,(H2,14,15,16,17). The molecular formula is C13H22N4O2S. The van der Waals surface area contributed by atoms with Crippen LogP contribution in [-0.2, 0) is 16.3 Å². The highest BCUT2D eigenvalue weighted by Crippen LogP contribution is 2.19. The minimum Gasteiger partial charge on any atom is -0.370 e. The maximum atomic E-state index is 11.4. The summed E-state index contributed by atoms with van der Waals surface area (Å²) in [6.07, 6.45) is 1.51. The van der Waals surface area contributed by atoms with Crippen LogP contribution in [0.25, 0.3) is 0 Å². The lowest BCUT2D eigenvalue weighted by Gasteiger charge is -2.12. The minimum atomic E-state index is -2.81. The van der Waals surface area contributed by atoms with Gasteiger partial charge in [-0.25, -0.2) is 18.4 Å². The summed E-state index contributed by atoms with van der Waals surface area (Å²) in [7, 11) is -2.81. The molecule has 1 aromatic rings. The van der Waals surface area contributed by atoms with Gasteiger partial charge in [-0.3, -0.25) is 0 Å². The predicted molar refractivity (Wildman–Crippen MR) is 80.8 cm³/mol. The van der Waals surface area contributed by atoms with Crippen LogP contribution < -0.4 is 10.6 Å². The summed E-state index contributed by atoms with van der Waals surface area (Å²) in [6.45, 7) is 5.48. The van der Waals surface area contributed by atoms with Gasteiger partial charge in [-0.2, -0.15) is 0 Å². The van der Waals surface area contributed by atoms with E-state index in [1.807, 2.05) is 19.9 Å². The number of rotatable bonds is 6. The molecule has 2 rings (SSSR count). The normalized spacial score (nSPS) is 20.8. The number of aryl methyl sites for hydroxylation is 1. The molecule has 1 atom stereocenters. The van der Waals surface area contributed by atoms with E-state index >= 15 is 0 Å². The van der Waals surface area contributed by atoms with Crippen molar-refractivity contribution in [2.45, 2.75) is 26.7 Å². The first kappa shape index (κ1) is 15.0. The van der Waals surface area contributed by atoms with Crippen LogP contribution in [0.3, 0.4) is 0 Å². The van der Waals surface area contributed by atoms with E-state index in [2.05, 4.69) is 20.6 Å². The lowest BCUT2D eigenvalue weighted by Crippen LogP contribution is -2.17. The average molecular weight is 298 g/mol. The minimum absolute atomic E-state index is 0.183. The van der Waals surface area contributed by atoms with Crippen molar-refractivity contribution in [2.75, 3.05) is 35.2 Å². The van der Waals surface area contributed by atoms with Crippen molar-refractivity contribution in [1.29, 1.82) is 0 Å². The Bertz CT molecular complexity index is 559. The summed E-state index contributed by atoms with van der Waals surface area (Å²) in [5, 5.41) is 6.42. The van der Waals surface area contributed by atoms with Crippen LogP contribution in [-0.4, -0.2) is 43.0 Å². The molecule has 1 aromatic heterocycles. The second-order valence-electron chi connectivity index (χ2n) is 5.09. The largest absolute Gasteiger partial charge is 0.370 e. The first-order valence-electron chi connectivity index (χ1n) is 7.08. The fraction of sp³-hybridized carbons (Fsp3) is 0.692. The van der Waals surface area contributed by atoms with Crippen LogP contribution in [0, 0.1) is 5.92 Å². The molecule has 1 fully saturated rings. The molecular weight excluding hydrogens is 276 g/mol. The first-order chi connectivity index (χ1) is 9.52. The number of hydrogen-bond acceptors (Lipinski definition) is 6. The molecule has 112 valence electrons. The Morgan fingerprint density at radius 1 is 1.25 bits per heavy atom. The summed E-state index contributed by atoms with van der Waals surface area (Å²) >= 11 is 0. The van der Waals surface area contributed by atoms with E-state index in [1.165, 1.54) is 0 Å². The van der Waals surface area contributed by atoms with E-state index in [9.17, 15) is 8.42 Å². The van der Waals surface area contributed by atoms with E-state index in [0.717, 1.165) is 36.8 Å². The Kier molecular flexibility index (Phi) is 4.80. The van der Waals surface area contributed by atoms with Crippen molar-refractivity contribution < 1.29 is 8.42 Å². The molecule has 2 N–H and O–H groups in total. The molecule has 0 saturated carbocycles. The molecule has 7 heteroatoms. The molecule has 6 nitrogen and oxygen atoms in total. The third-order valence-electron chi connectivity index (χ3n) is 3.35. The van der Waals surface area contributed by atoms with Gasteiger partial charge in [0.2, 0.25) is 0 Å². The molecule has 0 radical (unpaired) electrons. The molecule has 1 aliphatic rings. The van der Waals surface area contributed by atoms with Crippen molar-refractivity contribution in [1.82, 2.24) is 9.97 Å². The molecule has 0 bridgehead atoms. The highest BCUT2D eigenvalue weighted by molar-refractivity contribution is 7.91. The quantitative estimate of drug-likeness (QED) is 0.824. The average Bonchev–Trinajstić information content (AvgIpc) is 2.76. The number of anilines is 2. The second kappa shape index (κ2) is 6.39. The van der Waals surface area contributed by atoms with Gasteiger partial charge in [-0.05, 0) is 19.3 Å². The smallest absolute Gasteiger partial charge is 0.150 e. The molecule has 1 saturated heterocycles. The van der Waals surface area contributed by atoms with Gasteiger partial charge in [-0.1, -0.05) is 6.92 Å². The maximum absolute atomic E-state index is 11.4. The highest BCUT2D eigenvalue weighted by Gasteiger charge is 2.27. The Labute approximate surface area is 120 Å². The summed E-state index contributed by atoms with van der Waals surface area (Å²) < 4.78 is 22.9. The van der Waals surface area contributed by atoms with Gasteiger partial charge in [0.15, 0.2) is 9.84 Å². The van der Waals surface area contributed by atoms with Gasteiger partial charge in [0, 0.05) is 25.6 Å². The first-order valence-corrected chi connectivity index (χ1v) is 8.90. The Balaban J connectivity index is 2.00. The third kappa shape index (κ3) is 4.06. The predicted octanol–water partition coefficient (Wildman–Crippen LogP) is 1.32. The molecule has 1 aliphatic heterocycles. The van der Waals surface area contributed by atoms with Gasteiger partial charge < -0.3 is 10.6 Å². The zero-order chi connectivity index (χ0) is 14.6. The van der Waals surface area contributed by atoms with Crippen molar-refractivity contribution in [2.24, 2.45) is 5.92 Å². The van der Waals surface area contributed by atoms with Crippen molar-refractivity contribution in [3.8, 4) is 0 Å². The number of sulfone groups is 1. The molecule has 0 amide bonds. The Hall–Kier alpha value is -1.37. The second-order valence-corrected chi connectivity index (χ2v) is 7.32. The summed E-state index contributed by atoms with van der Waals surface area (Å²) in [5.41, 5.74) is 0. The number of aromatic nitrogens is 2. The lowest BCUT2D eigenvalue weighted by molar-refractivity contribution is 0.595. The van der Waals surface area contributed by atoms with E-state index in [1.54, 1.807) is 0 Å². The Morgan fingerprint density at radius 2 is 1.95 bits per heavy atom. The SMILES string of the molecule is CCNc1cc(NCC2CCS(=O)(=O)C2)nc(CC)n1.